The highest BCUT2D eigenvalue weighted by molar-refractivity contribution is 7.99. The molecule has 0 fully saturated rings. The van der Waals surface area contributed by atoms with E-state index in [0.717, 1.165) is 21.9 Å². The van der Waals surface area contributed by atoms with Crippen LogP contribution in [0.5, 0.6) is 5.75 Å². The van der Waals surface area contributed by atoms with Gasteiger partial charge < -0.3 is 15.0 Å². The van der Waals surface area contributed by atoms with Crippen molar-refractivity contribution in [3.8, 4) is 17.1 Å². The van der Waals surface area contributed by atoms with Gasteiger partial charge in [0, 0.05) is 20.6 Å². The quantitative estimate of drug-likeness (QED) is 0.398. The van der Waals surface area contributed by atoms with Gasteiger partial charge in [0.25, 0.3) is 5.56 Å². The maximum atomic E-state index is 12.9. The molecule has 0 amide bonds. The van der Waals surface area contributed by atoms with Crippen molar-refractivity contribution in [3.05, 3.63) is 50.7 Å². The van der Waals surface area contributed by atoms with Gasteiger partial charge in [0.1, 0.15) is 17.1 Å². The molecule has 0 bridgehead atoms. The van der Waals surface area contributed by atoms with Crippen LogP contribution >= 0.6 is 11.8 Å². The molecule has 0 radical (unpaired) electrons. The summed E-state index contributed by atoms with van der Waals surface area (Å²) in [4.78, 5) is 38.0. The van der Waals surface area contributed by atoms with Crippen LogP contribution in [0.15, 0.2) is 39.0 Å². The van der Waals surface area contributed by atoms with Crippen molar-refractivity contribution in [1.29, 1.82) is 0 Å². The predicted molar refractivity (Wildman–Crippen MR) is 123 cm³/mol. The van der Waals surface area contributed by atoms with E-state index in [9.17, 15) is 14.4 Å². The summed E-state index contributed by atoms with van der Waals surface area (Å²) >= 11 is 1.13. The minimum atomic E-state index is -0.703. The Morgan fingerprint density at radius 1 is 1.16 bits per heavy atom. The van der Waals surface area contributed by atoms with Crippen molar-refractivity contribution in [2.45, 2.75) is 25.5 Å². The van der Waals surface area contributed by atoms with Crippen LogP contribution in [0.3, 0.4) is 0 Å². The van der Waals surface area contributed by atoms with Gasteiger partial charge in [-0.2, -0.15) is 0 Å². The second-order valence-electron chi connectivity index (χ2n) is 7.69. The number of hydrogen-bond acceptors (Lipinski definition) is 8. The van der Waals surface area contributed by atoms with Crippen LogP contribution in [-0.4, -0.2) is 42.5 Å². The molecule has 11 heteroatoms. The second-order valence-corrected chi connectivity index (χ2v) is 8.63. The number of nitrogen functional groups attached to an aromatic ring is 1. The summed E-state index contributed by atoms with van der Waals surface area (Å²) in [5.74, 6) is 0.670. The molecule has 0 unspecified atom stereocenters. The lowest BCUT2D eigenvalue weighted by Gasteiger charge is -2.16. The molecule has 0 aliphatic heterocycles. The van der Waals surface area contributed by atoms with Crippen molar-refractivity contribution < 1.29 is 9.53 Å². The number of benzene rings is 1. The number of ketones is 1. The Labute approximate surface area is 189 Å². The number of para-hydroxylation sites is 1. The lowest BCUT2D eigenvalue weighted by molar-refractivity contribution is 0.102. The first-order chi connectivity index (χ1) is 15.2. The predicted octanol–water partition coefficient (Wildman–Crippen LogP) is 1.56. The van der Waals surface area contributed by atoms with Crippen LogP contribution in [0.2, 0.25) is 0 Å². The molecule has 3 aromatic rings. The highest BCUT2D eigenvalue weighted by Gasteiger charge is 2.23. The summed E-state index contributed by atoms with van der Waals surface area (Å²) in [5.41, 5.74) is 5.42. The van der Waals surface area contributed by atoms with Gasteiger partial charge >= 0.3 is 5.69 Å². The largest absolute Gasteiger partial charge is 0.496 e. The summed E-state index contributed by atoms with van der Waals surface area (Å²) in [6.45, 7) is 4.14. The molecule has 2 aromatic heterocycles. The third-order valence-electron chi connectivity index (χ3n) is 4.92. The van der Waals surface area contributed by atoms with Crippen LogP contribution in [0.1, 0.15) is 24.2 Å². The molecule has 1 aromatic carbocycles. The Kier molecular flexibility index (Phi) is 6.87. The molecule has 32 heavy (non-hydrogen) atoms. The lowest BCUT2D eigenvalue weighted by Crippen LogP contribution is -2.43. The molecular weight excluding hydrogens is 432 g/mol. The first kappa shape index (κ1) is 23.3. The highest BCUT2D eigenvalue weighted by atomic mass is 32.2. The molecule has 3 rings (SSSR count). The Hall–Kier alpha value is -3.34. The molecular formula is C21H26N6O4S. The minimum absolute atomic E-state index is 0.0861. The fourth-order valence-corrected chi connectivity index (χ4v) is 4.08. The zero-order chi connectivity index (χ0) is 23.6. The van der Waals surface area contributed by atoms with E-state index < -0.39 is 17.0 Å². The van der Waals surface area contributed by atoms with E-state index in [4.69, 9.17) is 10.5 Å². The molecule has 170 valence electrons. The van der Waals surface area contributed by atoms with Crippen molar-refractivity contribution in [2.24, 2.45) is 20.0 Å². The number of Topliss-reactive ketones (excluding diaryl/α,β-unsaturated/α-hetero) is 1. The lowest BCUT2D eigenvalue weighted by atomic mass is 10.2. The number of nitrogens with two attached hydrogens (primary N) is 1. The number of carbonyl (C=O) groups is 1. The van der Waals surface area contributed by atoms with Gasteiger partial charge in [-0.05, 0) is 18.1 Å². The van der Waals surface area contributed by atoms with Crippen molar-refractivity contribution in [3.63, 3.8) is 0 Å². The van der Waals surface area contributed by atoms with Crippen molar-refractivity contribution >= 4 is 23.4 Å². The summed E-state index contributed by atoms with van der Waals surface area (Å²) in [7, 11) is 4.70. The Bertz CT molecular complexity index is 1270. The smallest absolute Gasteiger partial charge is 0.332 e. The highest BCUT2D eigenvalue weighted by Crippen LogP contribution is 2.30. The van der Waals surface area contributed by atoms with E-state index in [1.54, 1.807) is 18.7 Å². The van der Waals surface area contributed by atoms with E-state index in [2.05, 4.69) is 10.2 Å². The Balaban J connectivity index is 1.89. The number of methoxy groups -OCH3 is 1. The number of anilines is 1. The van der Waals surface area contributed by atoms with Crippen LogP contribution in [0.4, 0.5) is 5.82 Å². The topological polar surface area (TPSA) is 127 Å². The number of aromatic nitrogens is 5. The third kappa shape index (κ3) is 4.33. The Morgan fingerprint density at radius 3 is 2.50 bits per heavy atom. The van der Waals surface area contributed by atoms with Gasteiger partial charge in [-0.1, -0.05) is 37.7 Å². The van der Waals surface area contributed by atoms with Crippen LogP contribution < -0.4 is 21.7 Å². The van der Waals surface area contributed by atoms with Crippen molar-refractivity contribution in [2.75, 3.05) is 18.6 Å². The molecule has 0 saturated heterocycles. The molecule has 0 aliphatic carbocycles. The molecule has 2 heterocycles. The van der Waals surface area contributed by atoms with Gasteiger partial charge in [-0.15, -0.1) is 10.2 Å². The number of nitrogens with zero attached hydrogens (tertiary/aromatic N) is 5. The van der Waals surface area contributed by atoms with Crippen molar-refractivity contribution in [1.82, 2.24) is 23.9 Å². The second kappa shape index (κ2) is 9.43. The number of carbonyl (C=O) groups excluding carboxylic acids is 1. The monoisotopic (exact) mass is 458 g/mol. The van der Waals surface area contributed by atoms with Gasteiger partial charge in [-0.3, -0.25) is 18.7 Å². The first-order valence-electron chi connectivity index (χ1n) is 9.95. The molecule has 0 spiro atoms. The van der Waals surface area contributed by atoms with Crippen LogP contribution in [0, 0.1) is 5.92 Å². The Morgan fingerprint density at radius 2 is 1.84 bits per heavy atom. The number of hydrogen-bond donors (Lipinski definition) is 1. The van der Waals surface area contributed by atoms with Gasteiger partial charge in [0.2, 0.25) is 0 Å². The third-order valence-corrected chi connectivity index (χ3v) is 5.95. The molecule has 0 atom stereocenters. The van der Waals surface area contributed by atoms with Gasteiger partial charge in [-0.25, -0.2) is 4.79 Å². The van der Waals surface area contributed by atoms with E-state index in [-0.39, 0.29) is 23.1 Å². The molecule has 0 saturated carbocycles. The van der Waals surface area contributed by atoms with E-state index in [1.165, 1.54) is 11.6 Å². The minimum Gasteiger partial charge on any atom is -0.496 e. The number of thioether (sulfide) groups is 1. The zero-order valence-electron chi connectivity index (χ0n) is 18.7. The summed E-state index contributed by atoms with van der Waals surface area (Å²) in [5, 5.41) is 8.87. The number of rotatable bonds is 8. The van der Waals surface area contributed by atoms with Gasteiger partial charge in [0.15, 0.2) is 16.8 Å². The average Bonchev–Trinajstić information content (AvgIpc) is 3.13. The summed E-state index contributed by atoms with van der Waals surface area (Å²) in [6.07, 6.45) is 0. The van der Waals surface area contributed by atoms with E-state index >= 15 is 0 Å². The van der Waals surface area contributed by atoms with E-state index in [0.29, 0.717) is 23.3 Å². The number of ether oxygens (including phenoxy) is 1. The standard InChI is InChI=1S/C21H26N6O4S/c1-12(2)10-27-17(22)16(19(29)26(4)21(27)30)14(28)11-32-20-24-23-18(25(20)3)13-8-6-7-9-15(13)31-5/h6-9,12H,10-11,22H2,1-5H3. The normalized spacial score (nSPS) is 11.2. The van der Waals surface area contributed by atoms with Crippen LogP contribution in [0.25, 0.3) is 11.4 Å². The fourth-order valence-electron chi connectivity index (χ4n) is 3.29. The fraction of sp³-hybridized carbons (Fsp3) is 0.381. The summed E-state index contributed by atoms with van der Waals surface area (Å²) in [6, 6.07) is 7.42. The van der Waals surface area contributed by atoms with Crippen LogP contribution in [-0.2, 0) is 20.6 Å². The summed E-state index contributed by atoms with van der Waals surface area (Å²) < 4.78 is 9.32. The maximum absolute atomic E-state index is 12.9. The molecule has 2 N–H and O–H groups in total. The molecule has 0 aliphatic rings. The zero-order valence-corrected chi connectivity index (χ0v) is 19.5. The van der Waals surface area contributed by atoms with Gasteiger partial charge in [0.05, 0.1) is 18.4 Å². The first-order valence-corrected chi connectivity index (χ1v) is 10.9. The van der Waals surface area contributed by atoms with E-state index in [1.807, 2.05) is 38.1 Å². The molecule has 10 nitrogen and oxygen atoms in total. The average molecular weight is 459 g/mol. The SMILES string of the molecule is COc1ccccc1-c1nnc(SCC(=O)c2c(N)n(CC(C)C)c(=O)n(C)c2=O)n1C. The maximum Gasteiger partial charge on any atom is 0.332 e.